The predicted octanol–water partition coefficient (Wildman–Crippen LogP) is -0.419. The number of imidazole rings is 1. The number of rotatable bonds is 4. The van der Waals surface area contributed by atoms with Gasteiger partial charge >= 0.3 is 11.8 Å². The van der Waals surface area contributed by atoms with E-state index in [1.165, 1.54) is 0 Å². The molecule has 0 fully saturated rings. The lowest BCUT2D eigenvalue weighted by Crippen LogP contribution is -2.32. The van der Waals surface area contributed by atoms with Crippen molar-refractivity contribution in [1.29, 1.82) is 0 Å². The first-order valence-corrected chi connectivity index (χ1v) is 4.10. The molecule has 1 aromatic heterocycles. The van der Waals surface area contributed by atoms with Crippen molar-refractivity contribution in [2.45, 2.75) is 19.4 Å². The maximum atomic E-state index is 10.5. The topological polar surface area (TPSA) is 135 Å². The third kappa shape index (κ3) is 2.50. The molecule has 0 saturated heterocycles. The second-order valence-electron chi connectivity index (χ2n) is 3.03. The van der Waals surface area contributed by atoms with E-state index >= 15 is 0 Å². The standard InChI is InChI=1S/C7H10N4O4/c1-3-9-5(2-4(8)7(12)13)6(10-3)11(14)15/h4H,2,8H2,1H3,(H,9,10)(H,12,13). The fourth-order valence-electron chi connectivity index (χ4n) is 1.13. The van der Waals surface area contributed by atoms with Gasteiger partial charge in [0.1, 0.15) is 11.7 Å². The van der Waals surface area contributed by atoms with Crippen molar-refractivity contribution in [2.24, 2.45) is 5.73 Å². The summed E-state index contributed by atoms with van der Waals surface area (Å²) in [6.07, 6.45) is -0.146. The number of aromatic amines is 1. The van der Waals surface area contributed by atoms with Crippen LogP contribution in [0.4, 0.5) is 5.82 Å². The Morgan fingerprint density at radius 3 is 2.87 bits per heavy atom. The third-order valence-electron chi connectivity index (χ3n) is 1.79. The van der Waals surface area contributed by atoms with Crippen molar-refractivity contribution >= 4 is 11.8 Å². The van der Waals surface area contributed by atoms with Gasteiger partial charge in [-0.2, -0.15) is 0 Å². The van der Waals surface area contributed by atoms with E-state index in [0.717, 1.165) is 0 Å². The first kappa shape index (κ1) is 11.1. The van der Waals surface area contributed by atoms with E-state index in [4.69, 9.17) is 10.8 Å². The second-order valence-corrected chi connectivity index (χ2v) is 3.03. The average molecular weight is 214 g/mol. The van der Waals surface area contributed by atoms with Crippen molar-refractivity contribution in [1.82, 2.24) is 9.97 Å². The van der Waals surface area contributed by atoms with Crippen molar-refractivity contribution in [3.05, 3.63) is 21.6 Å². The molecule has 4 N–H and O–H groups in total. The molecule has 0 aromatic carbocycles. The smallest absolute Gasteiger partial charge is 0.384 e. The largest absolute Gasteiger partial charge is 0.480 e. The fourth-order valence-corrected chi connectivity index (χ4v) is 1.13. The van der Waals surface area contributed by atoms with Crippen LogP contribution < -0.4 is 5.73 Å². The van der Waals surface area contributed by atoms with Gasteiger partial charge in [0.2, 0.25) is 5.82 Å². The molecule has 0 bridgehead atoms. The Morgan fingerprint density at radius 1 is 1.80 bits per heavy atom. The number of carboxylic acids is 1. The number of carbonyl (C=O) groups is 1. The molecule has 0 saturated carbocycles. The Kier molecular flexibility index (Phi) is 3.00. The van der Waals surface area contributed by atoms with Gasteiger partial charge in [-0.25, -0.2) is 0 Å². The number of carboxylic acid groups (broad SMARTS) is 1. The molecular weight excluding hydrogens is 204 g/mol. The number of nitro groups is 1. The number of hydrogen-bond acceptors (Lipinski definition) is 5. The molecule has 1 rings (SSSR count). The van der Waals surface area contributed by atoms with Gasteiger partial charge in [0, 0.05) is 13.3 Å². The summed E-state index contributed by atoms with van der Waals surface area (Å²) in [6.45, 7) is 1.54. The van der Waals surface area contributed by atoms with E-state index in [1.54, 1.807) is 6.92 Å². The Balaban J connectivity index is 2.93. The summed E-state index contributed by atoms with van der Waals surface area (Å²) in [7, 11) is 0. The Hall–Kier alpha value is -1.96. The summed E-state index contributed by atoms with van der Waals surface area (Å²) >= 11 is 0. The summed E-state index contributed by atoms with van der Waals surface area (Å²) in [4.78, 5) is 26.5. The number of nitrogens with zero attached hydrogens (tertiary/aromatic N) is 2. The molecule has 82 valence electrons. The average Bonchev–Trinajstić information content (AvgIpc) is 2.46. The van der Waals surface area contributed by atoms with Gasteiger partial charge < -0.3 is 25.9 Å². The van der Waals surface area contributed by atoms with E-state index in [1.807, 2.05) is 0 Å². The highest BCUT2D eigenvalue weighted by atomic mass is 16.6. The number of H-pyrrole nitrogens is 1. The first-order chi connectivity index (χ1) is 6.91. The van der Waals surface area contributed by atoms with Crippen LogP contribution in [0.5, 0.6) is 0 Å². The van der Waals surface area contributed by atoms with Crippen molar-refractivity contribution in [3.8, 4) is 0 Å². The molecule has 1 atom stereocenters. The molecule has 0 aliphatic carbocycles. The van der Waals surface area contributed by atoms with Crippen LogP contribution in [0, 0.1) is 17.0 Å². The molecule has 8 heteroatoms. The summed E-state index contributed by atoms with van der Waals surface area (Å²) in [5, 5.41) is 19.1. The highest BCUT2D eigenvalue weighted by Crippen LogP contribution is 2.16. The highest BCUT2D eigenvalue weighted by molar-refractivity contribution is 5.73. The minimum absolute atomic E-state index is 0.132. The molecular formula is C7H10N4O4. The lowest BCUT2D eigenvalue weighted by molar-refractivity contribution is -0.390. The van der Waals surface area contributed by atoms with E-state index in [0.29, 0.717) is 5.82 Å². The summed E-state index contributed by atoms with van der Waals surface area (Å²) < 4.78 is 0. The maximum Gasteiger partial charge on any atom is 0.384 e. The van der Waals surface area contributed by atoms with Crippen molar-refractivity contribution in [2.75, 3.05) is 0 Å². The van der Waals surface area contributed by atoms with Gasteiger partial charge in [-0.1, -0.05) is 0 Å². The number of aromatic nitrogens is 2. The van der Waals surface area contributed by atoms with Crippen LogP contribution in [0.1, 0.15) is 11.5 Å². The van der Waals surface area contributed by atoms with E-state index in [9.17, 15) is 14.9 Å². The summed E-state index contributed by atoms with van der Waals surface area (Å²) in [6, 6.07) is -1.18. The van der Waals surface area contributed by atoms with E-state index < -0.39 is 16.9 Å². The van der Waals surface area contributed by atoms with Crippen LogP contribution in [-0.4, -0.2) is 32.0 Å². The van der Waals surface area contributed by atoms with Gasteiger partial charge in [0.15, 0.2) is 0 Å². The monoisotopic (exact) mass is 214 g/mol. The third-order valence-corrected chi connectivity index (χ3v) is 1.79. The van der Waals surface area contributed by atoms with Gasteiger partial charge in [0.05, 0.1) is 0 Å². The Labute approximate surface area is 84.3 Å². The van der Waals surface area contributed by atoms with E-state index in [2.05, 4.69) is 9.97 Å². The van der Waals surface area contributed by atoms with Crippen molar-refractivity contribution in [3.63, 3.8) is 0 Å². The van der Waals surface area contributed by atoms with Crippen LogP contribution in [0.2, 0.25) is 0 Å². The zero-order chi connectivity index (χ0) is 11.6. The van der Waals surface area contributed by atoms with Crippen LogP contribution >= 0.6 is 0 Å². The van der Waals surface area contributed by atoms with Gasteiger partial charge in [-0.05, 0) is 9.91 Å². The van der Waals surface area contributed by atoms with Crippen LogP contribution in [0.3, 0.4) is 0 Å². The quantitative estimate of drug-likeness (QED) is 0.460. The maximum absolute atomic E-state index is 10.5. The zero-order valence-corrected chi connectivity index (χ0v) is 7.93. The molecule has 8 nitrogen and oxygen atoms in total. The van der Waals surface area contributed by atoms with E-state index in [-0.39, 0.29) is 17.9 Å². The molecule has 0 aliphatic rings. The van der Waals surface area contributed by atoms with Gasteiger partial charge in [-0.3, -0.25) is 4.79 Å². The first-order valence-electron chi connectivity index (χ1n) is 4.10. The lowest BCUT2D eigenvalue weighted by atomic mass is 10.2. The fraction of sp³-hybridized carbons (Fsp3) is 0.429. The lowest BCUT2D eigenvalue weighted by Gasteiger charge is -2.02. The number of hydrogen-bond donors (Lipinski definition) is 3. The molecule has 0 aliphatic heterocycles. The van der Waals surface area contributed by atoms with Crippen molar-refractivity contribution < 1.29 is 14.8 Å². The number of nitrogens with two attached hydrogens (primary N) is 1. The van der Waals surface area contributed by atoms with Crippen LogP contribution in [-0.2, 0) is 11.2 Å². The summed E-state index contributed by atoms with van der Waals surface area (Å²) in [5.74, 6) is -1.23. The molecule has 15 heavy (non-hydrogen) atoms. The van der Waals surface area contributed by atoms with Gasteiger partial charge in [-0.15, -0.1) is 0 Å². The Morgan fingerprint density at radius 2 is 2.40 bits per heavy atom. The highest BCUT2D eigenvalue weighted by Gasteiger charge is 2.24. The SMILES string of the molecule is Cc1nc([N+](=O)[O-])c(CC(N)C(=O)O)[nH]1. The normalized spacial score (nSPS) is 12.4. The number of aryl methyl sites for hydroxylation is 1. The zero-order valence-electron chi connectivity index (χ0n) is 7.93. The Bertz CT molecular complexity index is 400. The molecule has 0 radical (unpaired) electrons. The second kappa shape index (κ2) is 4.05. The predicted molar refractivity (Wildman–Crippen MR) is 49.3 cm³/mol. The van der Waals surface area contributed by atoms with Crippen LogP contribution in [0.15, 0.2) is 0 Å². The number of aliphatic carboxylic acids is 1. The summed E-state index contributed by atoms with van der Waals surface area (Å²) in [5.41, 5.74) is 5.39. The molecule has 1 aromatic rings. The molecule has 1 unspecified atom stereocenters. The number of nitrogens with one attached hydrogen (secondary N) is 1. The minimum atomic E-state index is -1.21. The molecule has 1 heterocycles. The molecule has 0 spiro atoms. The molecule has 0 amide bonds. The van der Waals surface area contributed by atoms with Crippen LogP contribution in [0.25, 0.3) is 0 Å². The minimum Gasteiger partial charge on any atom is -0.480 e. The van der Waals surface area contributed by atoms with Gasteiger partial charge in [0.25, 0.3) is 0 Å².